The van der Waals surface area contributed by atoms with E-state index in [1.165, 1.54) is 18.3 Å². The van der Waals surface area contributed by atoms with E-state index in [-0.39, 0.29) is 11.9 Å². The van der Waals surface area contributed by atoms with Crippen LogP contribution in [0.3, 0.4) is 0 Å². The van der Waals surface area contributed by atoms with Crippen LogP contribution in [0, 0.1) is 6.92 Å². The van der Waals surface area contributed by atoms with Crippen LogP contribution in [0.15, 0.2) is 24.3 Å². The maximum atomic E-state index is 11.3. The van der Waals surface area contributed by atoms with Gasteiger partial charge in [0.2, 0.25) is 17.8 Å². The molecule has 0 aliphatic carbocycles. The molecule has 4 aromatic rings. The van der Waals surface area contributed by atoms with E-state index in [2.05, 4.69) is 25.3 Å². The molecule has 0 saturated carbocycles. The number of carbonyl (C=O) groups is 1. The predicted octanol–water partition coefficient (Wildman–Crippen LogP) is 4.90. The lowest BCUT2D eigenvalue weighted by molar-refractivity contribution is -0.114. The van der Waals surface area contributed by atoms with Crippen LogP contribution < -0.4 is 11.1 Å². The molecule has 3 aromatic heterocycles. The minimum absolute atomic E-state index is 0.155. The number of nitrogens with zero attached hydrogens (tertiary/aromatic N) is 3. The van der Waals surface area contributed by atoms with Gasteiger partial charge in [-0.05, 0) is 31.2 Å². The molecule has 1 amide bonds. The fourth-order valence-corrected chi connectivity index (χ4v) is 4.46. The van der Waals surface area contributed by atoms with E-state index in [1.807, 2.05) is 13.0 Å². The molecule has 4 rings (SSSR count). The third kappa shape index (κ3) is 3.42. The number of hydrogen-bond acceptors (Lipinski definition) is 6. The average molecular weight is 433 g/mol. The van der Waals surface area contributed by atoms with E-state index >= 15 is 0 Å². The zero-order valence-corrected chi connectivity index (χ0v) is 17.1. The molecular formula is C18H14Cl2N6OS. The summed E-state index contributed by atoms with van der Waals surface area (Å²) in [6, 6.07) is 7.17. The number of nitrogens with one attached hydrogen (secondary N) is 2. The van der Waals surface area contributed by atoms with Crippen molar-refractivity contribution in [1.82, 2.24) is 19.9 Å². The first-order chi connectivity index (χ1) is 13.3. The number of amides is 1. The first kappa shape index (κ1) is 18.7. The van der Waals surface area contributed by atoms with Crippen LogP contribution in [0.5, 0.6) is 0 Å². The molecule has 0 fully saturated rings. The Bertz CT molecular complexity index is 1230. The second kappa shape index (κ2) is 7.05. The van der Waals surface area contributed by atoms with Crippen LogP contribution in [0.1, 0.15) is 12.6 Å². The van der Waals surface area contributed by atoms with E-state index in [0.717, 1.165) is 32.0 Å². The van der Waals surface area contributed by atoms with E-state index in [4.69, 9.17) is 28.9 Å². The number of thiophene rings is 1. The summed E-state index contributed by atoms with van der Waals surface area (Å²) in [5, 5.41) is 4.48. The van der Waals surface area contributed by atoms with Crippen LogP contribution in [0.2, 0.25) is 10.0 Å². The molecule has 0 radical (unpaired) electrons. The molecule has 7 nitrogen and oxygen atoms in total. The molecule has 0 unspecified atom stereocenters. The summed E-state index contributed by atoms with van der Waals surface area (Å²) < 4.78 is 0. The van der Waals surface area contributed by atoms with Gasteiger partial charge in [0, 0.05) is 22.9 Å². The quantitative estimate of drug-likeness (QED) is 0.426. The van der Waals surface area contributed by atoms with Crippen molar-refractivity contribution < 1.29 is 4.79 Å². The number of nitrogens with two attached hydrogens (primary N) is 1. The first-order valence-electron chi connectivity index (χ1n) is 8.19. The van der Waals surface area contributed by atoms with Crippen LogP contribution in [-0.4, -0.2) is 25.8 Å². The van der Waals surface area contributed by atoms with Crippen molar-refractivity contribution in [1.29, 1.82) is 0 Å². The molecule has 0 bridgehead atoms. The molecule has 1 aromatic carbocycles. The van der Waals surface area contributed by atoms with Gasteiger partial charge in [-0.3, -0.25) is 10.1 Å². The van der Waals surface area contributed by atoms with Gasteiger partial charge in [-0.25, -0.2) is 15.0 Å². The van der Waals surface area contributed by atoms with Crippen LogP contribution in [0.25, 0.3) is 32.0 Å². The number of H-pyrrole nitrogens is 1. The van der Waals surface area contributed by atoms with Gasteiger partial charge in [0.1, 0.15) is 4.83 Å². The summed E-state index contributed by atoms with van der Waals surface area (Å²) >= 11 is 13.8. The van der Waals surface area contributed by atoms with Gasteiger partial charge in [-0.15, -0.1) is 11.3 Å². The van der Waals surface area contributed by atoms with Gasteiger partial charge in [0.25, 0.3) is 0 Å². The van der Waals surface area contributed by atoms with Crippen molar-refractivity contribution in [3.05, 3.63) is 40.0 Å². The number of aromatic nitrogens is 4. The number of anilines is 2. The van der Waals surface area contributed by atoms with E-state index < -0.39 is 0 Å². The lowest BCUT2D eigenvalue weighted by atomic mass is 10.1. The molecule has 4 N–H and O–H groups in total. The summed E-state index contributed by atoms with van der Waals surface area (Å²) in [4.78, 5) is 29.1. The predicted molar refractivity (Wildman–Crippen MR) is 114 cm³/mol. The minimum Gasteiger partial charge on any atom is -0.368 e. The lowest BCUT2D eigenvalue weighted by Crippen LogP contribution is -2.06. The van der Waals surface area contributed by atoms with E-state index in [9.17, 15) is 4.79 Å². The number of hydrogen-bond donors (Lipinski definition) is 3. The fourth-order valence-electron chi connectivity index (χ4n) is 2.87. The summed E-state index contributed by atoms with van der Waals surface area (Å²) in [6.45, 7) is 3.29. The minimum atomic E-state index is -0.199. The maximum absolute atomic E-state index is 11.3. The topological polar surface area (TPSA) is 110 Å². The highest BCUT2D eigenvalue weighted by Crippen LogP contribution is 2.40. The highest BCUT2D eigenvalue weighted by molar-refractivity contribution is 7.21. The smallest absolute Gasteiger partial charge is 0.223 e. The SMILES string of the molecule is CC(=O)Nc1nc(C)c(-c2cc3c(-c4ccc(Cl)cc4Cl)nc(N)nc3s2)[nH]1. The van der Waals surface area contributed by atoms with Crippen LogP contribution in [-0.2, 0) is 4.79 Å². The van der Waals surface area contributed by atoms with E-state index in [0.29, 0.717) is 21.7 Å². The largest absolute Gasteiger partial charge is 0.368 e. The first-order valence-corrected chi connectivity index (χ1v) is 9.76. The molecule has 3 heterocycles. The summed E-state index contributed by atoms with van der Waals surface area (Å²) in [6.07, 6.45) is 0. The Morgan fingerprint density at radius 1 is 1.21 bits per heavy atom. The maximum Gasteiger partial charge on any atom is 0.223 e. The van der Waals surface area contributed by atoms with Crippen LogP contribution in [0.4, 0.5) is 11.9 Å². The van der Waals surface area contributed by atoms with Crippen LogP contribution >= 0.6 is 34.5 Å². The molecule has 28 heavy (non-hydrogen) atoms. The zero-order chi connectivity index (χ0) is 20.0. The van der Waals surface area contributed by atoms with Gasteiger partial charge in [-0.1, -0.05) is 23.2 Å². The van der Waals surface area contributed by atoms with Crippen molar-refractivity contribution in [2.24, 2.45) is 0 Å². The Kier molecular flexibility index (Phi) is 4.70. The molecular weight excluding hydrogens is 419 g/mol. The van der Waals surface area contributed by atoms with Crippen molar-refractivity contribution >= 4 is 62.6 Å². The van der Waals surface area contributed by atoms with E-state index in [1.54, 1.807) is 18.2 Å². The van der Waals surface area contributed by atoms with Gasteiger partial charge < -0.3 is 10.7 Å². The second-order valence-corrected chi connectivity index (χ2v) is 7.99. The summed E-state index contributed by atoms with van der Waals surface area (Å²) in [5.41, 5.74) is 8.82. The average Bonchev–Trinajstić information content (AvgIpc) is 3.16. The Labute approximate surface area is 173 Å². The molecule has 0 spiro atoms. The molecule has 0 atom stereocenters. The summed E-state index contributed by atoms with van der Waals surface area (Å²) in [5.74, 6) is 0.348. The summed E-state index contributed by atoms with van der Waals surface area (Å²) in [7, 11) is 0. The molecule has 10 heteroatoms. The number of aromatic amines is 1. The van der Waals surface area contributed by atoms with Crippen molar-refractivity contribution in [2.45, 2.75) is 13.8 Å². The van der Waals surface area contributed by atoms with Crippen molar-refractivity contribution in [2.75, 3.05) is 11.1 Å². The molecule has 0 aliphatic heterocycles. The number of nitrogen functional groups attached to an aromatic ring is 1. The number of rotatable bonds is 3. The van der Waals surface area contributed by atoms with Gasteiger partial charge in [0.15, 0.2) is 0 Å². The second-order valence-electron chi connectivity index (χ2n) is 6.11. The standard InChI is InChI=1S/C18H14Cl2N6OS/c1-7-14(25-18(22-7)23-8(2)27)13-6-11-15(24-17(21)26-16(11)28-13)10-4-3-9(19)5-12(10)20/h3-6H,1-2H3,(H2,21,24,26)(H2,22,23,25,27). The fraction of sp³-hybridized carbons (Fsp3) is 0.111. The monoisotopic (exact) mass is 432 g/mol. The highest BCUT2D eigenvalue weighted by atomic mass is 35.5. The number of aryl methyl sites for hydroxylation is 1. The molecule has 0 saturated heterocycles. The van der Waals surface area contributed by atoms with Gasteiger partial charge >= 0.3 is 0 Å². The Morgan fingerprint density at radius 3 is 2.71 bits per heavy atom. The van der Waals surface area contributed by atoms with Gasteiger partial charge in [-0.2, -0.15) is 0 Å². The van der Waals surface area contributed by atoms with Crippen molar-refractivity contribution in [3.8, 4) is 21.8 Å². The number of benzene rings is 1. The highest BCUT2D eigenvalue weighted by Gasteiger charge is 2.18. The third-order valence-corrected chi connectivity index (χ3v) is 5.62. The third-order valence-electron chi connectivity index (χ3n) is 4.02. The normalized spacial score (nSPS) is 11.1. The lowest BCUT2D eigenvalue weighted by Gasteiger charge is -2.06. The number of imidazole rings is 1. The number of fused-ring (bicyclic) bond motifs is 1. The zero-order valence-electron chi connectivity index (χ0n) is 14.8. The van der Waals surface area contributed by atoms with Crippen molar-refractivity contribution in [3.63, 3.8) is 0 Å². The number of carbonyl (C=O) groups excluding carboxylic acids is 1. The Hall–Kier alpha value is -2.68. The molecule has 0 aliphatic rings. The molecule has 142 valence electrons. The number of halogens is 2. The van der Waals surface area contributed by atoms with Gasteiger partial charge in [0.05, 0.1) is 27.0 Å². The Balaban J connectivity index is 1.88. The Morgan fingerprint density at radius 2 is 2.00 bits per heavy atom.